The normalized spacial score (nSPS) is 16.7. The number of nitrogens with zero attached hydrogens (tertiary/aromatic N) is 1. The van der Waals surface area contributed by atoms with Crippen LogP contribution in [0.4, 0.5) is 0 Å². The molecule has 0 bridgehead atoms. The van der Waals surface area contributed by atoms with E-state index in [-0.39, 0.29) is 12.4 Å². The second kappa shape index (κ2) is 6.96. The van der Waals surface area contributed by atoms with Gasteiger partial charge in [-0.3, -0.25) is 0 Å². The highest BCUT2D eigenvalue weighted by atomic mass is 16.3. The second-order valence-electron chi connectivity index (χ2n) is 4.50. The fourth-order valence-electron chi connectivity index (χ4n) is 2.03. The van der Waals surface area contributed by atoms with Crippen molar-refractivity contribution < 1.29 is 9.90 Å². The Kier molecular flexibility index (Phi) is 5.88. The van der Waals surface area contributed by atoms with E-state index < -0.39 is 0 Å². The molecule has 0 atom stereocenters. The number of carbonyl (C=O) groups is 1. The third-order valence-electron chi connectivity index (χ3n) is 3.17. The predicted octanol–water partition coefficient (Wildman–Crippen LogP) is 1.59. The first-order chi connectivity index (χ1) is 7.24. The average molecular weight is 213 g/mol. The highest BCUT2D eigenvalue weighted by Gasteiger charge is 2.23. The minimum atomic E-state index is 0.274. The van der Waals surface area contributed by atoms with Crippen LogP contribution in [-0.2, 0) is 4.79 Å². The van der Waals surface area contributed by atoms with Crippen LogP contribution in [-0.4, -0.2) is 41.5 Å². The van der Waals surface area contributed by atoms with Gasteiger partial charge in [-0.1, -0.05) is 6.42 Å². The fraction of sp³-hybridized carbons (Fsp3) is 0.917. The molecule has 0 saturated heterocycles. The Morgan fingerprint density at radius 1 is 1.33 bits per heavy atom. The van der Waals surface area contributed by atoms with Gasteiger partial charge in [0.25, 0.3) is 0 Å². The molecule has 1 N–H and O–H groups in total. The largest absolute Gasteiger partial charge is 0.396 e. The van der Waals surface area contributed by atoms with Gasteiger partial charge in [0.05, 0.1) is 0 Å². The molecular formula is C12H23NO2. The molecule has 0 aromatic rings. The van der Waals surface area contributed by atoms with Gasteiger partial charge in [0.1, 0.15) is 5.78 Å². The summed E-state index contributed by atoms with van der Waals surface area (Å²) in [5, 5.41) is 8.82. The molecule has 1 fully saturated rings. The van der Waals surface area contributed by atoms with E-state index in [1.165, 1.54) is 19.3 Å². The van der Waals surface area contributed by atoms with Crippen molar-refractivity contribution in [2.75, 3.05) is 19.7 Å². The zero-order valence-corrected chi connectivity index (χ0v) is 9.74. The number of ketones is 1. The maximum absolute atomic E-state index is 10.8. The minimum absolute atomic E-state index is 0.274. The van der Waals surface area contributed by atoms with Crippen LogP contribution in [0.15, 0.2) is 0 Å². The molecule has 1 rings (SSSR count). The van der Waals surface area contributed by atoms with Crippen molar-refractivity contribution in [3.63, 3.8) is 0 Å². The summed E-state index contributed by atoms with van der Waals surface area (Å²) in [6.45, 7) is 3.93. The van der Waals surface area contributed by atoms with Crippen molar-refractivity contribution in [3.8, 4) is 0 Å². The lowest BCUT2D eigenvalue weighted by Gasteiger charge is -2.37. The van der Waals surface area contributed by atoms with E-state index in [9.17, 15) is 4.79 Å². The van der Waals surface area contributed by atoms with Crippen LogP contribution in [0.3, 0.4) is 0 Å². The second-order valence-corrected chi connectivity index (χ2v) is 4.50. The number of hydrogen-bond acceptors (Lipinski definition) is 3. The molecule has 88 valence electrons. The lowest BCUT2D eigenvalue weighted by Crippen LogP contribution is -2.41. The van der Waals surface area contributed by atoms with E-state index in [2.05, 4.69) is 4.90 Å². The van der Waals surface area contributed by atoms with Gasteiger partial charge in [-0.15, -0.1) is 0 Å². The molecule has 15 heavy (non-hydrogen) atoms. The molecule has 1 saturated carbocycles. The number of carbonyl (C=O) groups excluding carboxylic acids is 1. The van der Waals surface area contributed by atoms with Crippen molar-refractivity contribution in [2.24, 2.45) is 0 Å². The Labute approximate surface area is 92.5 Å². The van der Waals surface area contributed by atoms with E-state index in [1.807, 2.05) is 0 Å². The smallest absolute Gasteiger partial charge is 0.129 e. The molecular weight excluding hydrogens is 190 g/mol. The highest BCUT2D eigenvalue weighted by Crippen LogP contribution is 2.25. The maximum atomic E-state index is 10.8. The summed E-state index contributed by atoms with van der Waals surface area (Å²) >= 11 is 0. The molecule has 0 aromatic heterocycles. The summed E-state index contributed by atoms with van der Waals surface area (Å²) in [5.74, 6) is 0.283. The van der Waals surface area contributed by atoms with Gasteiger partial charge >= 0.3 is 0 Å². The molecule has 1 aliphatic carbocycles. The molecule has 0 aromatic carbocycles. The quantitative estimate of drug-likeness (QED) is 0.665. The third kappa shape index (κ3) is 4.76. The van der Waals surface area contributed by atoms with E-state index in [1.54, 1.807) is 6.92 Å². The van der Waals surface area contributed by atoms with E-state index in [4.69, 9.17) is 5.11 Å². The maximum Gasteiger partial charge on any atom is 0.129 e. The van der Waals surface area contributed by atoms with Gasteiger partial charge < -0.3 is 14.8 Å². The first-order valence-corrected chi connectivity index (χ1v) is 6.08. The molecule has 1 aliphatic rings. The Morgan fingerprint density at radius 2 is 2.00 bits per heavy atom. The lowest BCUT2D eigenvalue weighted by atomic mass is 9.91. The van der Waals surface area contributed by atoms with Crippen molar-refractivity contribution in [1.29, 1.82) is 0 Å². The predicted molar refractivity (Wildman–Crippen MR) is 60.8 cm³/mol. The summed E-state index contributed by atoms with van der Waals surface area (Å²) < 4.78 is 0. The van der Waals surface area contributed by atoms with Gasteiger partial charge in [0.15, 0.2) is 0 Å². The van der Waals surface area contributed by atoms with Gasteiger partial charge in [-0.2, -0.15) is 0 Å². The molecule has 3 heteroatoms. The zero-order valence-electron chi connectivity index (χ0n) is 9.74. The Bertz CT molecular complexity index is 190. The summed E-state index contributed by atoms with van der Waals surface area (Å²) in [4.78, 5) is 13.3. The van der Waals surface area contributed by atoms with Crippen LogP contribution in [0.2, 0.25) is 0 Å². The lowest BCUT2D eigenvalue weighted by molar-refractivity contribution is -0.117. The molecule has 0 spiro atoms. The molecule has 0 aliphatic heterocycles. The molecule has 0 heterocycles. The van der Waals surface area contributed by atoms with Crippen LogP contribution >= 0.6 is 0 Å². The van der Waals surface area contributed by atoms with E-state index >= 15 is 0 Å². The summed E-state index contributed by atoms with van der Waals surface area (Å²) in [7, 11) is 0. The van der Waals surface area contributed by atoms with Crippen molar-refractivity contribution in [1.82, 2.24) is 4.90 Å². The number of rotatable bonds is 8. The van der Waals surface area contributed by atoms with Gasteiger partial charge in [-0.25, -0.2) is 0 Å². The van der Waals surface area contributed by atoms with Crippen LogP contribution in [0.5, 0.6) is 0 Å². The minimum Gasteiger partial charge on any atom is -0.396 e. The van der Waals surface area contributed by atoms with Crippen molar-refractivity contribution in [2.45, 2.75) is 51.5 Å². The topological polar surface area (TPSA) is 40.5 Å². The zero-order chi connectivity index (χ0) is 11.1. The monoisotopic (exact) mass is 213 g/mol. The van der Waals surface area contributed by atoms with Gasteiger partial charge in [0, 0.05) is 25.6 Å². The number of hydrogen-bond donors (Lipinski definition) is 1. The first kappa shape index (κ1) is 12.7. The molecule has 3 nitrogen and oxygen atoms in total. The molecule has 0 amide bonds. The van der Waals surface area contributed by atoms with Crippen molar-refractivity contribution in [3.05, 3.63) is 0 Å². The average Bonchev–Trinajstić information content (AvgIpc) is 2.10. The number of Topliss-reactive ketones (excluding diaryl/α,β-unsaturated/α-hetero) is 1. The van der Waals surface area contributed by atoms with Crippen LogP contribution in [0.25, 0.3) is 0 Å². The summed E-state index contributed by atoms with van der Waals surface area (Å²) in [6.07, 6.45) is 6.46. The Balaban J connectivity index is 2.18. The molecule has 0 unspecified atom stereocenters. The molecule has 0 radical (unpaired) electrons. The number of aliphatic hydroxyl groups is 1. The van der Waals surface area contributed by atoms with Crippen LogP contribution < -0.4 is 0 Å². The first-order valence-electron chi connectivity index (χ1n) is 6.08. The van der Waals surface area contributed by atoms with Crippen molar-refractivity contribution >= 4 is 5.78 Å². The van der Waals surface area contributed by atoms with E-state index in [0.29, 0.717) is 6.42 Å². The fourth-order valence-corrected chi connectivity index (χ4v) is 2.03. The van der Waals surface area contributed by atoms with Crippen LogP contribution in [0.1, 0.15) is 45.4 Å². The van der Waals surface area contributed by atoms with E-state index in [0.717, 1.165) is 32.0 Å². The Hall–Kier alpha value is -0.410. The summed E-state index contributed by atoms with van der Waals surface area (Å²) in [6, 6.07) is 0.725. The third-order valence-corrected chi connectivity index (χ3v) is 3.17. The van der Waals surface area contributed by atoms with Crippen LogP contribution in [0, 0.1) is 0 Å². The number of aliphatic hydroxyl groups excluding tert-OH is 1. The standard InChI is InChI=1S/C12H23NO2/c1-11(15)5-3-8-13(9-4-10-14)12-6-2-7-12/h12,14H,2-10H2,1H3. The van der Waals surface area contributed by atoms with Gasteiger partial charge in [-0.05, 0) is 39.2 Å². The SMILES string of the molecule is CC(=O)CCCN(CCCO)C1CCC1. The van der Waals surface area contributed by atoms with Gasteiger partial charge in [0.2, 0.25) is 0 Å². The summed E-state index contributed by atoms with van der Waals surface area (Å²) in [5.41, 5.74) is 0. The Morgan fingerprint density at radius 3 is 2.47 bits per heavy atom. The highest BCUT2D eigenvalue weighted by molar-refractivity contribution is 5.75.